The summed E-state index contributed by atoms with van der Waals surface area (Å²) in [7, 11) is -2.16. The van der Waals surface area contributed by atoms with Gasteiger partial charge in [-0.2, -0.15) is 0 Å². The van der Waals surface area contributed by atoms with Gasteiger partial charge >= 0.3 is 5.97 Å². The standard InChI is InChI=1S/C20H28O6P/c1-10-5-6-20(24)9-27-13-8-25-12(13)7-14(22)18(27,3)17(23)16(26-11(2)21)15(10)19(20,27)4/h12-14,16,22,24H,5-9H2,1-4H3/q+1/t12?,13?,14?,16-,18?,19?,20?,27?/m1/s1. The number of allylic oxidation sites excluding steroid dienone is 1. The van der Waals surface area contributed by atoms with Crippen LogP contribution < -0.4 is 0 Å². The van der Waals surface area contributed by atoms with Crippen LogP contribution in [-0.2, 0) is 19.1 Å². The molecule has 1 aliphatic carbocycles. The number of ether oxygens (including phenoxy) is 2. The summed E-state index contributed by atoms with van der Waals surface area (Å²) in [4.78, 5) is 25.7. The van der Waals surface area contributed by atoms with Crippen LogP contribution in [0.5, 0.6) is 0 Å². The highest BCUT2D eigenvalue weighted by Crippen LogP contribution is 2.97. The van der Waals surface area contributed by atoms with Crippen LogP contribution in [-0.4, -0.2) is 74.6 Å². The lowest BCUT2D eigenvalue weighted by Gasteiger charge is -2.76. The molecule has 4 aliphatic heterocycles. The number of fused-ring (bicyclic) bond motifs is 1. The second-order valence-electron chi connectivity index (χ2n) is 9.52. The zero-order valence-electron chi connectivity index (χ0n) is 16.3. The summed E-state index contributed by atoms with van der Waals surface area (Å²) >= 11 is 0. The van der Waals surface area contributed by atoms with Crippen LogP contribution in [0.25, 0.3) is 0 Å². The van der Waals surface area contributed by atoms with E-state index in [2.05, 4.69) is 6.92 Å². The summed E-state index contributed by atoms with van der Waals surface area (Å²) < 4.78 is 11.4. The fourth-order valence-corrected chi connectivity index (χ4v) is 15.5. The number of esters is 1. The molecular formula is C20H28O6P+. The molecule has 0 radical (unpaired) electrons. The van der Waals surface area contributed by atoms with Crippen molar-refractivity contribution in [3.63, 3.8) is 0 Å². The highest BCUT2D eigenvalue weighted by Gasteiger charge is 2.94. The van der Waals surface area contributed by atoms with Crippen LogP contribution in [0.4, 0.5) is 0 Å². The Balaban J connectivity index is 1.80. The van der Waals surface area contributed by atoms with E-state index in [0.29, 0.717) is 32.0 Å². The van der Waals surface area contributed by atoms with Gasteiger partial charge in [0.25, 0.3) is 0 Å². The van der Waals surface area contributed by atoms with Gasteiger partial charge in [0.05, 0.1) is 26.1 Å². The van der Waals surface area contributed by atoms with E-state index in [1.54, 1.807) is 0 Å². The Morgan fingerprint density at radius 1 is 1.37 bits per heavy atom. The molecule has 27 heavy (non-hydrogen) atoms. The summed E-state index contributed by atoms with van der Waals surface area (Å²) in [5.74, 6) is -0.671. The number of aliphatic hydroxyl groups is 2. The van der Waals surface area contributed by atoms with Gasteiger partial charge in [-0.05, 0) is 33.6 Å². The Labute approximate surface area is 159 Å². The molecule has 0 aromatic carbocycles. The second kappa shape index (κ2) is 5.02. The lowest BCUT2D eigenvalue weighted by Crippen LogP contribution is -2.84. The quantitative estimate of drug-likeness (QED) is 0.396. The predicted molar refractivity (Wildman–Crippen MR) is 100 cm³/mol. The van der Waals surface area contributed by atoms with Crippen molar-refractivity contribution in [2.45, 2.75) is 86.8 Å². The normalized spacial score (nSPS) is 55.6. The van der Waals surface area contributed by atoms with Crippen LogP contribution >= 0.6 is 7.26 Å². The highest BCUT2D eigenvalue weighted by molar-refractivity contribution is 7.82. The van der Waals surface area contributed by atoms with Crippen molar-refractivity contribution in [1.29, 1.82) is 0 Å². The van der Waals surface area contributed by atoms with Crippen molar-refractivity contribution < 1.29 is 29.3 Å². The van der Waals surface area contributed by atoms with E-state index in [4.69, 9.17) is 9.47 Å². The topological polar surface area (TPSA) is 93.1 Å². The maximum absolute atomic E-state index is 13.8. The zero-order valence-corrected chi connectivity index (χ0v) is 17.2. The lowest BCUT2D eigenvalue weighted by atomic mass is 9.67. The van der Waals surface area contributed by atoms with Crippen molar-refractivity contribution >= 4 is 19.0 Å². The summed E-state index contributed by atoms with van der Waals surface area (Å²) in [6, 6.07) is 0. The molecule has 5 aliphatic rings. The molecule has 0 amide bonds. The van der Waals surface area contributed by atoms with E-state index in [-0.39, 0.29) is 17.5 Å². The van der Waals surface area contributed by atoms with Gasteiger partial charge in [-0.15, -0.1) is 0 Å². The Bertz CT molecular complexity index is 808. The van der Waals surface area contributed by atoms with E-state index in [0.717, 1.165) is 11.1 Å². The SMILES string of the molecule is CC(=O)O[C@H]1C(=O)C2(C)C(O)CC3OCC3[P+]23CC2(O)CCC(C)=C1C23C. The van der Waals surface area contributed by atoms with Gasteiger partial charge in [-0.1, -0.05) is 5.57 Å². The molecule has 5 rings (SSSR count). The molecular weight excluding hydrogens is 367 g/mol. The molecule has 8 atom stereocenters. The van der Waals surface area contributed by atoms with Gasteiger partial charge in [0.1, 0.15) is 22.5 Å². The highest BCUT2D eigenvalue weighted by atomic mass is 31.2. The Kier molecular flexibility index (Phi) is 3.39. The molecule has 7 heteroatoms. The van der Waals surface area contributed by atoms with E-state index in [1.165, 1.54) is 6.92 Å². The van der Waals surface area contributed by atoms with Gasteiger partial charge in [0, 0.05) is 18.9 Å². The van der Waals surface area contributed by atoms with Gasteiger partial charge in [0.15, 0.2) is 11.3 Å². The minimum absolute atomic E-state index is 0.0238. The Morgan fingerprint density at radius 3 is 2.67 bits per heavy atom. The van der Waals surface area contributed by atoms with Crippen molar-refractivity contribution in [3.05, 3.63) is 11.1 Å². The fourth-order valence-electron chi connectivity index (χ4n) is 7.34. The minimum Gasteiger partial charge on any atom is -0.450 e. The monoisotopic (exact) mass is 395 g/mol. The van der Waals surface area contributed by atoms with Gasteiger partial charge in [-0.3, -0.25) is 9.59 Å². The third-order valence-electron chi connectivity index (χ3n) is 8.81. The summed E-state index contributed by atoms with van der Waals surface area (Å²) in [5.41, 5.74) is 1.22. The molecule has 6 nitrogen and oxygen atoms in total. The van der Waals surface area contributed by atoms with Crippen LogP contribution in [0.2, 0.25) is 0 Å². The average Bonchev–Trinajstić information content (AvgIpc) is 2.57. The summed E-state index contributed by atoms with van der Waals surface area (Å²) in [5, 5.41) is 21.2. The molecule has 0 aromatic heterocycles. The first-order valence-electron chi connectivity index (χ1n) is 9.86. The number of aliphatic hydroxyl groups excluding tert-OH is 1. The number of carbonyl (C=O) groups is 2. The largest absolute Gasteiger partial charge is 0.450 e. The van der Waals surface area contributed by atoms with E-state index < -0.39 is 41.4 Å². The number of hydrogen-bond donors (Lipinski definition) is 2. The molecule has 148 valence electrons. The van der Waals surface area contributed by atoms with Crippen molar-refractivity contribution in [3.8, 4) is 0 Å². The average molecular weight is 395 g/mol. The number of rotatable bonds is 1. The number of hydrogen-bond acceptors (Lipinski definition) is 6. The summed E-state index contributed by atoms with van der Waals surface area (Å²) in [6.07, 6.45) is 0.553. The predicted octanol–water partition coefficient (Wildman–Crippen LogP) is 1.42. The second-order valence-corrected chi connectivity index (χ2v) is 14.1. The number of Topliss-reactive ketones (excluding diaryl/α,β-unsaturated/α-hetero) is 1. The van der Waals surface area contributed by atoms with E-state index >= 15 is 0 Å². The molecule has 0 aromatic rings. The Morgan fingerprint density at radius 2 is 2.07 bits per heavy atom. The van der Waals surface area contributed by atoms with Crippen LogP contribution in [0, 0.1) is 0 Å². The molecule has 1 spiro atoms. The van der Waals surface area contributed by atoms with Gasteiger partial charge < -0.3 is 19.7 Å². The fraction of sp³-hybridized carbons (Fsp3) is 0.800. The maximum Gasteiger partial charge on any atom is 0.303 e. The van der Waals surface area contributed by atoms with Crippen LogP contribution in [0.1, 0.15) is 47.0 Å². The van der Waals surface area contributed by atoms with E-state index in [9.17, 15) is 19.8 Å². The molecule has 2 N–H and O–H groups in total. The first kappa shape index (κ1) is 18.2. The van der Waals surface area contributed by atoms with E-state index in [1.807, 2.05) is 13.8 Å². The molecule has 4 saturated heterocycles. The molecule has 7 unspecified atom stereocenters. The van der Waals surface area contributed by atoms with Crippen LogP contribution in [0.3, 0.4) is 0 Å². The lowest BCUT2D eigenvalue weighted by molar-refractivity contribution is -0.158. The van der Waals surface area contributed by atoms with Crippen molar-refractivity contribution in [2.75, 3.05) is 12.8 Å². The molecule has 0 bridgehead atoms. The third kappa shape index (κ3) is 1.63. The third-order valence-corrected chi connectivity index (χ3v) is 15.9. The first-order chi connectivity index (χ1) is 12.5. The van der Waals surface area contributed by atoms with Gasteiger partial charge in [-0.25, -0.2) is 0 Å². The smallest absolute Gasteiger partial charge is 0.303 e. The zero-order chi connectivity index (χ0) is 19.6. The Hall–Kier alpha value is -0.810. The van der Waals surface area contributed by atoms with Crippen molar-refractivity contribution in [1.82, 2.24) is 0 Å². The minimum atomic E-state index is -2.16. The number of carbonyl (C=O) groups excluding carboxylic acids is 2. The van der Waals surface area contributed by atoms with Gasteiger partial charge in [0.2, 0.25) is 5.78 Å². The van der Waals surface area contributed by atoms with Crippen molar-refractivity contribution in [2.24, 2.45) is 0 Å². The van der Waals surface area contributed by atoms with Crippen LogP contribution in [0.15, 0.2) is 11.1 Å². The first-order valence-corrected chi connectivity index (χ1v) is 11.9. The summed E-state index contributed by atoms with van der Waals surface area (Å²) in [6.45, 7) is 7.87. The molecule has 0 saturated carbocycles. The molecule has 4 fully saturated rings. The number of ketones is 1. The molecule has 4 heterocycles. The maximum atomic E-state index is 13.8.